The SMILES string of the molecule is CCCSCc1noc(C2CNc3ccccc32)n1. The molecule has 4 nitrogen and oxygen atoms in total. The van der Waals surface area contributed by atoms with E-state index < -0.39 is 0 Å². The van der Waals surface area contributed by atoms with Crippen molar-refractivity contribution >= 4 is 17.4 Å². The molecule has 1 aliphatic heterocycles. The van der Waals surface area contributed by atoms with E-state index in [1.807, 2.05) is 23.9 Å². The number of nitrogens with zero attached hydrogens (tertiary/aromatic N) is 2. The summed E-state index contributed by atoms with van der Waals surface area (Å²) >= 11 is 1.85. The summed E-state index contributed by atoms with van der Waals surface area (Å²) in [7, 11) is 0. The summed E-state index contributed by atoms with van der Waals surface area (Å²) in [6.45, 7) is 3.01. The van der Waals surface area contributed by atoms with Gasteiger partial charge in [-0.3, -0.25) is 0 Å². The van der Waals surface area contributed by atoms with Crippen molar-refractivity contribution in [2.24, 2.45) is 0 Å². The van der Waals surface area contributed by atoms with Gasteiger partial charge in [0.1, 0.15) is 0 Å². The number of benzene rings is 1. The Kier molecular flexibility index (Phi) is 3.73. The van der Waals surface area contributed by atoms with Crippen LogP contribution in [-0.4, -0.2) is 22.4 Å². The lowest BCUT2D eigenvalue weighted by Gasteiger charge is -2.03. The molecular formula is C14H17N3OS. The maximum atomic E-state index is 5.42. The van der Waals surface area contributed by atoms with E-state index in [9.17, 15) is 0 Å². The maximum absolute atomic E-state index is 5.42. The second-order valence-electron chi connectivity index (χ2n) is 4.62. The van der Waals surface area contributed by atoms with Crippen molar-refractivity contribution in [3.05, 3.63) is 41.5 Å². The second-order valence-corrected chi connectivity index (χ2v) is 5.73. The van der Waals surface area contributed by atoms with Gasteiger partial charge in [0, 0.05) is 12.2 Å². The normalized spacial score (nSPS) is 17.2. The van der Waals surface area contributed by atoms with Crippen LogP contribution in [0.1, 0.15) is 36.5 Å². The van der Waals surface area contributed by atoms with Gasteiger partial charge in [-0.05, 0) is 23.8 Å². The molecule has 0 radical (unpaired) electrons. The number of hydrogen-bond acceptors (Lipinski definition) is 5. The van der Waals surface area contributed by atoms with Crippen molar-refractivity contribution in [1.82, 2.24) is 10.1 Å². The fourth-order valence-corrected chi connectivity index (χ4v) is 3.01. The lowest BCUT2D eigenvalue weighted by molar-refractivity contribution is 0.366. The van der Waals surface area contributed by atoms with E-state index in [1.165, 1.54) is 17.7 Å². The van der Waals surface area contributed by atoms with E-state index in [2.05, 4.69) is 34.5 Å². The Bertz CT molecular complexity index is 555. The highest BCUT2D eigenvalue weighted by atomic mass is 32.2. The molecule has 0 spiro atoms. The van der Waals surface area contributed by atoms with Gasteiger partial charge < -0.3 is 9.84 Å². The highest BCUT2D eigenvalue weighted by Gasteiger charge is 2.28. The molecule has 0 saturated heterocycles. The summed E-state index contributed by atoms with van der Waals surface area (Å²) in [5.74, 6) is 3.69. The second kappa shape index (κ2) is 5.65. The molecule has 5 heteroatoms. The van der Waals surface area contributed by atoms with E-state index in [0.717, 1.165) is 29.8 Å². The Labute approximate surface area is 117 Å². The minimum Gasteiger partial charge on any atom is -0.384 e. The molecule has 2 aromatic rings. The van der Waals surface area contributed by atoms with Crippen molar-refractivity contribution < 1.29 is 4.52 Å². The number of rotatable bonds is 5. The van der Waals surface area contributed by atoms with E-state index in [1.54, 1.807) is 0 Å². The van der Waals surface area contributed by atoms with Gasteiger partial charge in [-0.25, -0.2) is 0 Å². The smallest absolute Gasteiger partial charge is 0.236 e. The van der Waals surface area contributed by atoms with Crippen LogP contribution in [0.5, 0.6) is 0 Å². The Morgan fingerprint density at radius 1 is 1.42 bits per heavy atom. The van der Waals surface area contributed by atoms with Crippen LogP contribution in [0.3, 0.4) is 0 Å². The summed E-state index contributed by atoms with van der Waals surface area (Å²) < 4.78 is 5.42. The van der Waals surface area contributed by atoms with Crippen molar-refractivity contribution in [3.8, 4) is 0 Å². The lowest BCUT2D eigenvalue weighted by atomic mass is 10.0. The topological polar surface area (TPSA) is 51.0 Å². The molecule has 2 heterocycles. The quantitative estimate of drug-likeness (QED) is 0.849. The Balaban J connectivity index is 1.74. The molecule has 0 aliphatic carbocycles. The Hall–Kier alpha value is -1.49. The van der Waals surface area contributed by atoms with Crippen LogP contribution < -0.4 is 5.32 Å². The number of aromatic nitrogens is 2. The van der Waals surface area contributed by atoms with Crippen molar-refractivity contribution in [1.29, 1.82) is 0 Å². The minimum absolute atomic E-state index is 0.189. The largest absolute Gasteiger partial charge is 0.384 e. The molecule has 100 valence electrons. The summed E-state index contributed by atoms with van der Waals surface area (Å²) in [5, 5.41) is 7.45. The zero-order valence-corrected chi connectivity index (χ0v) is 11.7. The number of thioether (sulfide) groups is 1. The van der Waals surface area contributed by atoms with Gasteiger partial charge in [0.05, 0.1) is 11.7 Å². The van der Waals surface area contributed by atoms with Gasteiger partial charge in [-0.15, -0.1) is 0 Å². The molecule has 1 aromatic carbocycles. The van der Waals surface area contributed by atoms with Crippen LogP contribution in [-0.2, 0) is 5.75 Å². The van der Waals surface area contributed by atoms with Gasteiger partial charge in [-0.1, -0.05) is 30.3 Å². The van der Waals surface area contributed by atoms with E-state index >= 15 is 0 Å². The third-order valence-corrected chi connectivity index (χ3v) is 4.35. The lowest BCUT2D eigenvalue weighted by Crippen LogP contribution is -2.04. The molecule has 0 amide bonds. The predicted octanol–water partition coefficient (Wildman–Crippen LogP) is 3.27. The standard InChI is InChI=1S/C14H17N3OS/c1-2-7-19-9-13-16-14(18-17-13)11-8-15-12-6-4-3-5-10(11)12/h3-6,11,15H,2,7-9H2,1H3. The van der Waals surface area contributed by atoms with Crippen molar-refractivity contribution in [2.45, 2.75) is 25.0 Å². The maximum Gasteiger partial charge on any atom is 0.236 e. The van der Waals surface area contributed by atoms with E-state index in [-0.39, 0.29) is 5.92 Å². The van der Waals surface area contributed by atoms with Crippen molar-refractivity contribution in [2.75, 3.05) is 17.6 Å². The molecule has 1 aliphatic rings. The third kappa shape index (κ3) is 2.61. The first-order chi connectivity index (χ1) is 9.38. The Morgan fingerprint density at radius 2 is 2.32 bits per heavy atom. The van der Waals surface area contributed by atoms with Gasteiger partial charge in [0.15, 0.2) is 5.82 Å². The number of nitrogens with one attached hydrogen (secondary N) is 1. The van der Waals surface area contributed by atoms with Gasteiger partial charge in [0.25, 0.3) is 0 Å². The number of anilines is 1. The zero-order valence-electron chi connectivity index (χ0n) is 10.9. The predicted molar refractivity (Wildman–Crippen MR) is 77.5 cm³/mol. The fourth-order valence-electron chi connectivity index (χ4n) is 2.28. The monoisotopic (exact) mass is 275 g/mol. The highest BCUT2D eigenvalue weighted by molar-refractivity contribution is 7.98. The van der Waals surface area contributed by atoms with Crippen LogP contribution in [0.2, 0.25) is 0 Å². The number of para-hydroxylation sites is 1. The summed E-state index contributed by atoms with van der Waals surface area (Å²) in [6, 6.07) is 8.29. The molecule has 0 bridgehead atoms. The minimum atomic E-state index is 0.189. The van der Waals surface area contributed by atoms with Gasteiger partial charge in [0.2, 0.25) is 5.89 Å². The molecule has 0 fully saturated rings. The molecule has 3 rings (SSSR count). The molecule has 1 unspecified atom stereocenters. The zero-order chi connectivity index (χ0) is 13.1. The van der Waals surface area contributed by atoms with Gasteiger partial charge >= 0.3 is 0 Å². The van der Waals surface area contributed by atoms with Gasteiger partial charge in [-0.2, -0.15) is 16.7 Å². The van der Waals surface area contributed by atoms with Crippen LogP contribution in [0.25, 0.3) is 0 Å². The van der Waals surface area contributed by atoms with Crippen molar-refractivity contribution in [3.63, 3.8) is 0 Å². The first-order valence-electron chi connectivity index (χ1n) is 6.61. The average Bonchev–Trinajstić information content (AvgIpc) is 3.05. The number of fused-ring (bicyclic) bond motifs is 1. The third-order valence-electron chi connectivity index (χ3n) is 3.19. The Morgan fingerprint density at radius 3 is 3.21 bits per heavy atom. The summed E-state index contributed by atoms with van der Waals surface area (Å²) in [4.78, 5) is 4.52. The average molecular weight is 275 g/mol. The molecule has 0 saturated carbocycles. The van der Waals surface area contributed by atoms with Crippen LogP contribution in [0.15, 0.2) is 28.8 Å². The van der Waals surface area contributed by atoms with Crippen LogP contribution in [0.4, 0.5) is 5.69 Å². The molecular weight excluding hydrogens is 258 g/mol. The highest BCUT2D eigenvalue weighted by Crippen LogP contribution is 2.35. The molecule has 1 aromatic heterocycles. The number of hydrogen-bond donors (Lipinski definition) is 1. The molecule has 1 atom stereocenters. The first-order valence-corrected chi connectivity index (χ1v) is 7.77. The fraction of sp³-hybridized carbons (Fsp3) is 0.429. The van der Waals surface area contributed by atoms with Crippen LogP contribution in [0, 0.1) is 0 Å². The van der Waals surface area contributed by atoms with Crippen LogP contribution >= 0.6 is 11.8 Å². The van der Waals surface area contributed by atoms with E-state index in [4.69, 9.17) is 4.52 Å². The van der Waals surface area contributed by atoms with E-state index in [0.29, 0.717) is 0 Å². The summed E-state index contributed by atoms with van der Waals surface area (Å²) in [6.07, 6.45) is 1.18. The first kappa shape index (κ1) is 12.5. The molecule has 19 heavy (non-hydrogen) atoms. The molecule has 1 N–H and O–H groups in total. The summed E-state index contributed by atoms with van der Waals surface area (Å²) in [5.41, 5.74) is 2.42.